The Kier molecular flexibility index (Phi) is 5.35. The molecule has 0 saturated heterocycles. The van der Waals surface area contributed by atoms with Crippen molar-refractivity contribution in [2.24, 2.45) is 0 Å². The van der Waals surface area contributed by atoms with E-state index in [0.717, 1.165) is 4.90 Å². The monoisotopic (exact) mass is 287 g/mol. The number of carbonyl (C=O) groups excluding carboxylic acids is 1. The standard InChI is InChI=1S/C13H18ClNO2S/c1-13(2,3)17-12(16)6-7-18-11-5-4-9(15)8-10(11)14/h4-5,8H,6-7,15H2,1-3H3. The summed E-state index contributed by atoms with van der Waals surface area (Å²) < 4.78 is 5.22. The van der Waals surface area contributed by atoms with Crippen LogP contribution in [0.3, 0.4) is 0 Å². The fourth-order valence-electron chi connectivity index (χ4n) is 1.27. The quantitative estimate of drug-likeness (QED) is 0.521. The Balaban J connectivity index is 2.40. The first-order valence-electron chi connectivity index (χ1n) is 5.67. The van der Waals surface area contributed by atoms with Crippen LogP contribution in [-0.2, 0) is 9.53 Å². The normalized spacial score (nSPS) is 11.3. The predicted molar refractivity (Wildman–Crippen MR) is 77.1 cm³/mol. The van der Waals surface area contributed by atoms with Crippen molar-refractivity contribution >= 4 is 35.0 Å². The van der Waals surface area contributed by atoms with Crippen LogP contribution in [0.5, 0.6) is 0 Å². The lowest BCUT2D eigenvalue weighted by atomic mass is 10.2. The number of nitrogens with two attached hydrogens (primary N) is 1. The van der Waals surface area contributed by atoms with E-state index in [1.54, 1.807) is 12.1 Å². The maximum atomic E-state index is 11.5. The Hall–Kier alpha value is -0.870. The van der Waals surface area contributed by atoms with Crippen LogP contribution in [0.1, 0.15) is 27.2 Å². The molecule has 0 heterocycles. The van der Waals surface area contributed by atoms with Gasteiger partial charge in [-0.05, 0) is 39.0 Å². The van der Waals surface area contributed by atoms with E-state index in [0.29, 0.717) is 22.9 Å². The highest BCUT2D eigenvalue weighted by Crippen LogP contribution is 2.29. The second-order valence-corrected chi connectivity index (χ2v) is 6.42. The molecule has 0 aliphatic carbocycles. The number of anilines is 1. The maximum absolute atomic E-state index is 11.5. The summed E-state index contributed by atoms with van der Waals surface area (Å²) in [5.74, 6) is 0.444. The van der Waals surface area contributed by atoms with Crippen molar-refractivity contribution in [2.75, 3.05) is 11.5 Å². The summed E-state index contributed by atoms with van der Waals surface area (Å²) in [4.78, 5) is 12.4. The van der Waals surface area contributed by atoms with Gasteiger partial charge in [0.2, 0.25) is 0 Å². The average molecular weight is 288 g/mol. The van der Waals surface area contributed by atoms with Gasteiger partial charge in [0.1, 0.15) is 5.60 Å². The zero-order chi connectivity index (χ0) is 13.8. The molecule has 3 nitrogen and oxygen atoms in total. The van der Waals surface area contributed by atoms with Gasteiger partial charge in [-0.25, -0.2) is 0 Å². The largest absolute Gasteiger partial charge is 0.460 e. The first-order valence-corrected chi connectivity index (χ1v) is 7.04. The van der Waals surface area contributed by atoms with Gasteiger partial charge in [-0.2, -0.15) is 0 Å². The van der Waals surface area contributed by atoms with E-state index in [1.165, 1.54) is 11.8 Å². The highest BCUT2D eigenvalue weighted by molar-refractivity contribution is 7.99. The topological polar surface area (TPSA) is 52.3 Å². The first-order chi connectivity index (χ1) is 8.28. The summed E-state index contributed by atoms with van der Waals surface area (Å²) in [6, 6.07) is 5.36. The van der Waals surface area contributed by atoms with E-state index in [4.69, 9.17) is 22.1 Å². The Morgan fingerprint density at radius 1 is 1.44 bits per heavy atom. The van der Waals surface area contributed by atoms with E-state index >= 15 is 0 Å². The smallest absolute Gasteiger partial charge is 0.307 e. The minimum atomic E-state index is -0.430. The second-order valence-electron chi connectivity index (χ2n) is 4.87. The number of halogens is 1. The number of carbonyl (C=O) groups is 1. The van der Waals surface area contributed by atoms with E-state index in [2.05, 4.69) is 0 Å². The van der Waals surface area contributed by atoms with E-state index in [9.17, 15) is 4.79 Å². The first kappa shape index (κ1) is 15.2. The van der Waals surface area contributed by atoms with Gasteiger partial charge in [-0.1, -0.05) is 11.6 Å². The molecule has 2 N–H and O–H groups in total. The van der Waals surface area contributed by atoms with Crippen LogP contribution in [0, 0.1) is 0 Å². The van der Waals surface area contributed by atoms with Crippen LogP contribution in [0.15, 0.2) is 23.1 Å². The Labute approximate surface area is 117 Å². The fourth-order valence-corrected chi connectivity index (χ4v) is 2.47. The molecule has 0 saturated carbocycles. The molecule has 0 aliphatic heterocycles. The minimum Gasteiger partial charge on any atom is -0.460 e. The van der Waals surface area contributed by atoms with Crippen molar-refractivity contribution in [3.05, 3.63) is 23.2 Å². The molecule has 0 unspecified atom stereocenters. The van der Waals surface area contributed by atoms with Gasteiger partial charge >= 0.3 is 5.97 Å². The van der Waals surface area contributed by atoms with Gasteiger partial charge in [0, 0.05) is 16.3 Å². The molecule has 0 aromatic heterocycles. The van der Waals surface area contributed by atoms with Gasteiger partial charge in [0.15, 0.2) is 0 Å². The minimum absolute atomic E-state index is 0.193. The lowest BCUT2D eigenvalue weighted by Crippen LogP contribution is -2.23. The van der Waals surface area contributed by atoms with Crippen molar-refractivity contribution in [3.63, 3.8) is 0 Å². The van der Waals surface area contributed by atoms with E-state index in [-0.39, 0.29) is 5.97 Å². The summed E-state index contributed by atoms with van der Waals surface area (Å²) in [5, 5.41) is 0.615. The van der Waals surface area contributed by atoms with Crippen molar-refractivity contribution < 1.29 is 9.53 Å². The highest BCUT2D eigenvalue weighted by atomic mass is 35.5. The SMILES string of the molecule is CC(C)(C)OC(=O)CCSc1ccc(N)cc1Cl. The number of esters is 1. The molecule has 0 amide bonds. The van der Waals surface area contributed by atoms with Crippen LogP contribution in [0.4, 0.5) is 5.69 Å². The third kappa shape index (κ3) is 5.65. The van der Waals surface area contributed by atoms with Crippen LogP contribution in [0.25, 0.3) is 0 Å². The van der Waals surface area contributed by atoms with Crippen molar-refractivity contribution in [2.45, 2.75) is 37.7 Å². The molecule has 0 aliphatic rings. The number of nitrogen functional groups attached to an aromatic ring is 1. The lowest BCUT2D eigenvalue weighted by molar-refractivity contribution is -0.154. The number of hydrogen-bond donors (Lipinski definition) is 1. The van der Waals surface area contributed by atoms with Crippen molar-refractivity contribution in [1.29, 1.82) is 0 Å². The van der Waals surface area contributed by atoms with Gasteiger partial charge in [-0.3, -0.25) is 4.79 Å². The van der Waals surface area contributed by atoms with Crippen LogP contribution in [-0.4, -0.2) is 17.3 Å². The maximum Gasteiger partial charge on any atom is 0.307 e. The molecule has 0 atom stereocenters. The van der Waals surface area contributed by atoms with E-state index < -0.39 is 5.60 Å². The summed E-state index contributed by atoms with van der Waals surface area (Å²) >= 11 is 7.56. The van der Waals surface area contributed by atoms with Crippen molar-refractivity contribution in [1.82, 2.24) is 0 Å². The van der Waals surface area contributed by atoms with Crippen molar-refractivity contribution in [3.8, 4) is 0 Å². The fraction of sp³-hybridized carbons (Fsp3) is 0.462. The molecule has 0 fully saturated rings. The Morgan fingerprint density at radius 2 is 2.11 bits per heavy atom. The van der Waals surface area contributed by atoms with Crippen LogP contribution < -0.4 is 5.73 Å². The van der Waals surface area contributed by atoms with Gasteiger partial charge in [0.05, 0.1) is 11.4 Å². The Bertz CT molecular complexity index is 429. The number of hydrogen-bond acceptors (Lipinski definition) is 4. The van der Waals surface area contributed by atoms with Gasteiger partial charge in [0.25, 0.3) is 0 Å². The zero-order valence-corrected chi connectivity index (χ0v) is 12.4. The van der Waals surface area contributed by atoms with E-state index in [1.807, 2.05) is 26.8 Å². The third-order valence-corrected chi connectivity index (χ3v) is 3.44. The molecule has 18 heavy (non-hydrogen) atoms. The molecular weight excluding hydrogens is 270 g/mol. The van der Waals surface area contributed by atoms with Gasteiger partial charge < -0.3 is 10.5 Å². The molecule has 1 aromatic rings. The third-order valence-electron chi connectivity index (χ3n) is 1.94. The predicted octanol–water partition coefficient (Wildman–Crippen LogP) is 3.75. The zero-order valence-electron chi connectivity index (χ0n) is 10.8. The molecule has 5 heteroatoms. The molecule has 100 valence electrons. The highest BCUT2D eigenvalue weighted by Gasteiger charge is 2.15. The molecule has 1 rings (SSSR count). The van der Waals surface area contributed by atoms with Gasteiger partial charge in [-0.15, -0.1) is 11.8 Å². The summed E-state index contributed by atoms with van der Waals surface area (Å²) in [7, 11) is 0. The summed E-state index contributed by atoms with van der Waals surface area (Å²) in [5.41, 5.74) is 5.81. The molecule has 0 bridgehead atoms. The number of thioether (sulfide) groups is 1. The van der Waals surface area contributed by atoms with Crippen LogP contribution in [0.2, 0.25) is 5.02 Å². The number of benzene rings is 1. The second kappa shape index (κ2) is 6.34. The average Bonchev–Trinajstić information content (AvgIpc) is 2.18. The molecule has 1 aromatic carbocycles. The number of ether oxygens (including phenoxy) is 1. The molecule has 0 spiro atoms. The lowest BCUT2D eigenvalue weighted by Gasteiger charge is -2.19. The Morgan fingerprint density at radius 3 is 2.67 bits per heavy atom. The number of rotatable bonds is 4. The summed E-state index contributed by atoms with van der Waals surface area (Å²) in [6.07, 6.45) is 0.364. The summed E-state index contributed by atoms with van der Waals surface area (Å²) in [6.45, 7) is 5.57. The molecule has 0 radical (unpaired) electrons. The van der Waals surface area contributed by atoms with Crippen LogP contribution >= 0.6 is 23.4 Å². The molecular formula is C13H18ClNO2S.